The van der Waals surface area contributed by atoms with Crippen molar-refractivity contribution in [3.8, 4) is 0 Å². The molecule has 0 spiro atoms. The summed E-state index contributed by atoms with van der Waals surface area (Å²) in [5.74, 6) is 1.46. The number of hydrogen-bond donors (Lipinski definition) is 0. The number of hydrogen-bond acceptors (Lipinski definition) is 1. The van der Waals surface area contributed by atoms with E-state index < -0.39 is 0 Å². The number of likely N-dealkylation sites (tertiary alicyclic amines) is 1. The van der Waals surface area contributed by atoms with Gasteiger partial charge in [-0.05, 0) is 61.0 Å². The topological polar surface area (TPSA) is 3.24 Å². The Balaban J connectivity index is 1.83. The Morgan fingerprint density at radius 2 is 1.90 bits per heavy atom. The molecule has 1 fully saturated rings. The van der Waals surface area contributed by atoms with Gasteiger partial charge in [-0.2, -0.15) is 0 Å². The molecule has 1 aliphatic heterocycles. The van der Waals surface area contributed by atoms with Crippen LogP contribution in [-0.2, 0) is 0 Å². The largest absolute Gasteiger partial charge is 0.303 e. The van der Waals surface area contributed by atoms with Crippen LogP contribution in [0.3, 0.4) is 0 Å². The van der Waals surface area contributed by atoms with Crippen LogP contribution in [0.2, 0.25) is 0 Å². The van der Waals surface area contributed by atoms with Gasteiger partial charge < -0.3 is 4.90 Å². The zero-order valence-corrected chi connectivity index (χ0v) is 13.6. The molecule has 1 aliphatic rings. The first-order chi connectivity index (χ1) is 10.2. The van der Waals surface area contributed by atoms with Crippen molar-refractivity contribution in [3.63, 3.8) is 0 Å². The van der Waals surface area contributed by atoms with E-state index in [2.05, 4.69) is 62.1 Å². The highest BCUT2D eigenvalue weighted by Crippen LogP contribution is 2.32. The van der Waals surface area contributed by atoms with Crippen LogP contribution in [0.1, 0.15) is 43.7 Å². The van der Waals surface area contributed by atoms with E-state index in [9.17, 15) is 0 Å². The molecule has 0 amide bonds. The Hall–Kier alpha value is -1.34. The summed E-state index contributed by atoms with van der Waals surface area (Å²) in [5.41, 5.74) is 2.85. The van der Waals surface area contributed by atoms with E-state index in [1.54, 1.807) is 0 Å². The Labute approximate surface area is 129 Å². The molecule has 1 heterocycles. The molecular weight excluding hydrogens is 254 g/mol. The molecule has 0 aromatic heterocycles. The molecule has 1 nitrogen and oxygen atoms in total. The molecule has 0 radical (unpaired) electrons. The third-order valence-electron chi connectivity index (χ3n) is 5.24. The summed E-state index contributed by atoms with van der Waals surface area (Å²) in [6.45, 7) is 10.6. The van der Waals surface area contributed by atoms with Crippen LogP contribution in [0.25, 0.3) is 10.8 Å². The van der Waals surface area contributed by atoms with Gasteiger partial charge in [0.1, 0.15) is 0 Å². The van der Waals surface area contributed by atoms with Gasteiger partial charge in [0.2, 0.25) is 0 Å². The number of aryl methyl sites for hydroxylation is 1. The van der Waals surface area contributed by atoms with Gasteiger partial charge in [0, 0.05) is 6.54 Å². The molecule has 3 rings (SSSR count). The molecule has 0 bridgehead atoms. The van der Waals surface area contributed by atoms with Gasteiger partial charge in [-0.3, -0.25) is 0 Å². The average molecular weight is 281 g/mol. The summed E-state index contributed by atoms with van der Waals surface area (Å²) in [4.78, 5) is 2.61. The van der Waals surface area contributed by atoms with E-state index in [-0.39, 0.29) is 0 Å². The van der Waals surface area contributed by atoms with Gasteiger partial charge in [0.05, 0.1) is 0 Å². The van der Waals surface area contributed by atoms with E-state index >= 15 is 0 Å². The Morgan fingerprint density at radius 3 is 2.71 bits per heavy atom. The predicted octanol–water partition coefficient (Wildman–Crippen LogP) is 4.98. The molecule has 112 valence electrons. The minimum atomic E-state index is 0.657. The smallest absolute Gasteiger partial charge is 0.00153 e. The molecule has 21 heavy (non-hydrogen) atoms. The fourth-order valence-electron chi connectivity index (χ4n) is 3.73. The molecule has 2 aromatic rings. The van der Waals surface area contributed by atoms with Crippen LogP contribution in [0.4, 0.5) is 0 Å². The summed E-state index contributed by atoms with van der Waals surface area (Å²) >= 11 is 0. The average Bonchev–Trinajstić information content (AvgIpc) is 2.53. The summed E-state index contributed by atoms with van der Waals surface area (Å²) in [6, 6.07) is 13.8. The van der Waals surface area contributed by atoms with Crippen molar-refractivity contribution in [2.24, 2.45) is 5.92 Å². The van der Waals surface area contributed by atoms with Gasteiger partial charge in [-0.1, -0.05) is 55.8 Å². The van der Waals surface area contributed by atoms with Gasteiger partial charge in [-0.15, -0.1) is 0 Å². The van der Waals surface area contributed by atoms with Gasteiger partial charge in [-0.25, -0.2) is 0 Å². The highest BCUT2D eigenvalue weighted by atomic mass is 15.1. The Kier molecular flexibility index (Phi) is 4.30. The zero-order chi connectivity index (χ0) is 14.8. The molecule has 2 unspecified atom stereocenters. The maximum Gasteiger partial charge on any atom is 0.00153 e. The van der Waals surface area contributed by atoms with Crippen molar-refractivity contribution in [3.05, 3.63) is 47.5 Å². The lowest BCUT2D eigenvalue weighted by Crippen LogP contribution is -2.37. The predicted molar refractivity (Wildman–Crippen MR) is 91.9 cm³/mol. The second-order valence-electron chi connectivity index (χ2n) is 6.69. The van der Waals surface area contributed by atoms with Crippen molar-refractivity contribution in [2.45, 2.75) is 39.5 Å². The van der Waals surface area contributed by atoms with Crippen LogP contribution in [0.5, 0.6) is 0 Å². The highest BCUT2D eigenvalue weighted by Gasteiger charge is 2.24. The van der Waals surface area contributed by atoms with Crippen molar-refractivity contribution < 1.29 is 0 Å². The monoisotopic (exact) mass is 281 g/mol. The second-order valence-corrected chi connectivity index (χ2v) is 6.69. The molecule has 2 aromatic carbocycles. The van der Waals surface area contributed by atoms with E-state index in [1.807, 2.05) is 0 Å². The van der Waals surface area contributed by atoms with Crippen LogP contribution in [0, 0.1) is 12.8 Å². The van der Waals surface area contributed by atoms with Crippen molar-refractivity contribution in [2.75, 3.05) is 19.6 Å². The first-order valence-electron chi connectivity index (χ1n) is 8.40. The normalized spacial score (nSPS) is 21.6. The van der Waals surface area contributed by atoms with Gasteiger partial charge >= 0.3 is 0 Å². The lowest BCUT2D eigenvalue weighted by atomic mass is 9.81. The molecule has 2 atom stereocenters. The van der Waals surface area contributed by atoms with E-state index in [4.69, 9.17) is 0 Å². The molecule has 1 heteroatoms. The maximum absolute atomic E-state index is 2.61. The van der Waals surface area contributed by atoms with Crippen molar-refractivity contribution in [1.82, 2.24) is 4.90 Å². The lowest BCUT2D eigenvalue weighted by molar-refractivity contribution is 0.167. The SMILES string of the molecule is CCN1CCCC(C(C)c2ccc3cc(C)ccc3c2)C1. The van der Waals surface area contributed by atoms with Crippen LogP contribution < -0.4 is 0 Å². The summed E-state index contributed by atoms with van der Waals surface area (Å²) in [5, 5.41) is 2.75. The van der Waals surface area contributed by atoms with Gasteiger partial charge in [0.25, 0.3) is 0 Å². The number of nitrogens with zero attached hydrogens (tertiary/aromatic N) is 1. The van der Waals surface area contributed by atoms with Gasteiger partial charge in [0.15, 0.2) is 0 Å². The quantitative estimate of drug-likeness (QED) is 0.766. The second kappa shape index (κ2) is 6.19. The fourth-order valence-corrected chi connectivity index (χ4v) is 3.73. The lowest BCUT2D eigenvalue weighted by Gasteiger charge is -2.35. The Bertz CT molecular complexity index is 616. The van der Waals surface area contributed by atoms with E-state index in [0.717, 1.165) is 5.92 Å². The summed E-state index contributed by atoms with van der Waals surface area (Å²) < 4.78 is 0. The molecular formula is C20H27N. The summed E-state index contributed by atoms with van der Waals surface area (Å²) in [7, 11) is 0. The van der Waals surface area contributed by atoms with Crippen molar-refractivity contribution >= 4 is 10.8 Å². The number of benzene rings is 2. The van der Waals surface area contributed by atoms with E-state index in [1.165, 1.54) is 54.4 Å². The van der Waals surface area contributed by atoms with E-state index in [0.29, 0.717) is 5.92 Å². The first kappa shape index (κ1) is 14.6. The number of piperidine rings is 1. The molecule has 0 aliphatic carbocycles. The molecule has 0 N–H and O–H groups in total. The summed E-state index contributed by atoms with van der Waals surface area (Å²) in [6.07, 6.45) is 2.74. The third-order valence-corrected chi connectivity index (χ3v) is 5.24. The number of fused-ring (bicyclic) bond motifs is 1. The zero-order valence-electron chi connectivity index (χ0n) is 13.6. The third kappa shape index (κ3) is 3.13. The van der Waals surface area contributed by atoms with Crippen molar-refractivity contribution in [1.29, 1.82) is 0 Å². The van der Waals surface area contributed by atoms with Crippen LogP contribution in [-0.4, -0.2) is 24.5 Å². The van der Waals surface area contributed by atoms with Crippen LogP contribution >= 0.6 is 0 Å². The molecule has 1 saturated heterocycles. The Morgan fingerprint density at radius 1 is 1.14 bits per heavy atom. The first-order valence-corrected chi connectivity index (χ1v) is 8.40. The van der Waals surface area contributed by atoms with Crippen LogP contribution in [0.15, 0.2) is 36.4 Å². The fraction of sp³-hybridized carbons (Fsp3) is 0.500. The number of rotatable bonds is 3. The molecule has 0 saturated carbocycles. The highest BCUT2D eigenvalue weighted by molar-refractivity contribution is 5.83. The minimum Gasteiger partial charge on any atom is -0.303 e. The minimum absolute atomic E-state index is 0.657. The standard InChI is InChI=1S/C20H27N/c1-4-21-11-5-6-20(14-21)16(3)17-9-10-18-12-15(2)7-8-19(18)13-17/h7-10,12-13,16,20H,4-6,11,14H2,1-3H3. The maximum atomic E-state index is 2.61.